The molecule has 3 nitrogen and oxygen atoms in total. The van der Waals surface area contributed by atoms with Gasteiger partial charge in [0.2, 0.25) is 0 Å². The van der Waals surface area contributed by atoms with E-state index in [0.717, 1.165) is 26.2 Å². The van der Waals surface area contributed by atoms with Crippen molar-refractivity contribution in [3.63, 3.8) is 0 Å². The van der Waals surface area contributed by atoms with Crippen LogP contribution in [0.25, 0.3) is 10.9 Å². The van der Waals surface area contributed by atoms with E-state index in [0.29, 0.717) is 12.0 Å². The minimum atomic E-state index is 0.507. The van der Waals surface area contributed by atoms with Crippen LogP contribution in [0.3, 0.4) is 0 Å². The van der Waals surface area contributed by atoms with Gasteiger partial charge in [-0.3, -0.25) is 4.90 Å². The van der Waals surface area contributed by atoms with Crippen LogP contribution in [-0.2, 0) is 0 Å². The van der Waals surface area contributed by atoms with Crippen LogP contribution in [0.5, 0.6) is 0 Å². The third-order valence-electron chi connectivity index (χ3n) is 4.36. The number of fused-ring (bicyclic) bond motifs is 1. The second-order valence-corrected chi connectivity index (χ2v) is 6.27. The molecule has 1 fully saturated rings. The van der Waals surface area contributed by atoms with Crippen molar-refractivity contribution in [2.45, 2.75) is 26.8 Å². The lowest BCUT2D eigenvalue weighted by Crippen LogP contribution is -2.46. The van der Waals surface area contributed by atoms with Crippen molar-refractivity contribution >= 4 is 10.9 Å². The number of H-pyrrole nitrogens is 1. The first kappa shape index (κ1) is 13.7. The summed E-state index contributed by atoms with van der Waals surface area (Å²) >= 11 is 0. The first-order chi connectivity index (χ1) is 9.66. The van der Waals surface area contributed by atoms with Gasteiger partial charge >= 0.3 is 0 Å². The summed E-state index contributed by atoms with van der Waals surface area (Å²) in [7, 11) is 0. The van der Waals surface area contributed by atoms with Gasteiger partial charge in [0.1, 0.15) is 0 Å². The van der Waals surface area contributed by atoms with Crippen molar-refractivity contribution in [2.24, 2.45) is 5.92 Å². The van der Waals surface area contributed by atoms with Crippen LogP contribution in [0, 0.1) is 12.8 Å². The molecular weight excluding hydrogens is 246 g/mol. The SMILES string of the molecule is Cc1ccc2[nH]cc(C(C(C)C)N3CCNCC3)c2c1. The molecule has 1 aromatic carbocycles. The number of hydrogen-bond donors (Lipinski definition) is 2. The molecule has 0 bridgehead atoms. The van der Waals surface area contributed by atoms with Crippen molar-refractivity contribution in [1.82, 2.24) is 15.2 Å². The summed E-state index contributed by atoms with van der Waals surface area (Å²) in [4.78, 5) is 6.08. The van der Waals surface area contributed by atoms with Crippen LogP contribution >= 0.6 is 0 Å². The second-order valence-electron chi connectivity index (χ2n) is 6.27. The summed E-state index contributed by atoms with van der Waals surface area (Å²) in [6.45, 7) is 11.3. The monoisotopic (exact) mass is 271 g/mol. The van der Waals surface area contributed by atoms with Crippen molar-refractivity contribution < 1.29 is 0 Å². The number of rotatable bonds is 3. The summed E-state index contributed by atoms with van der Waals surface area (Å²) in [6, 6.07) is 7.20. The predicted molar refractivity (Wildman–Crippen MR) is 85.1 cm³/mol. The Balaban J connectivity index is 2.02. The lowest BCUT2D eigenvalue weighted by Gasteiger charge is -2.37. The molecule has 1 aliphatic rings. The zero-order valence-corrected chi connectivity index (χ0v) is 12.7. The highest BCUT2D eigenvalue weighted by atomic mass is 15.2. The Hall–Kier alpha value is -1.32. The average molecular weight is 271 g/mol. The van der Waals surface area contributed by atoms with Gasteiger partial charge in [0.05, 0.1) is 0 Å². The van der Waals surface area contributed by atoms with E-state index in [1.54, 1.807) is 0 Å². The Morgan fingerprint density at radius 1 is 1.15 bits per heavy atom. The van der Waals surface area contributed by atoms with Crippen LogP contribution in [0.2, 0.25) is 0 Å². The van der Waals surface area contributed by atoms with Gasteiger partial charge in [-0.2, -0.15) is 0 Å². The number of piperazine rings is 1. The fraction of sp³-hybridized carbons (Fsp3) is 0.529. The maximum atomic E-state index is 3.45. The Bertz CT molecular complexity index is 579. The smallest absolute Gasteiger partial charge is 0.0457 e. The predicted octanol–water partition coefficient (Wildman–Crippen LogP) is 3.08. The molecule has 108 valence electrons. The average Bonchev–Trinajstić information content (AvgIpc) is 2.83. The van der Waals surface area contributed by atoms with Crippen molar-refractivity contribution in [1.29, 1.82) is 0 Å². The summed E-state index contributed by atoms with van der Waals surface area (Å²) in [6.07, 6.45) is 2.22. The van der Waals surface area contributed by atoms with E-state index in [9.17, 15) is 0 Å². The number of hydrogen-bond acceptors (Lipinski definition) is 2. The third-order valence-corrected chi connectivity index (χ3v) is 4.36. The molecule has 1 aliphatic heterocycles. The van der Waals surface area contributed by atoms with Gasteiger partial charge in [-0.25, -0.2) is 0 Å². The van der Waals surface area contributed by atoms with Gasteiger partial charge in [0, 0.05) is 49.3 Å². The Labute approximate surface area is 121 Å². The Morgan fingerprint density at radius 2 is 1.90 bits per heavy atom. The molecule has 1 unspecified atom stereocenters. The van der Waals surface area contributed by atoms with Gasteiger partial charge in [-0.15, -0.1) is 0 Å². The van der Waals surface area contributed by atoms with E-state index in [1.807, 2.05) is 0 Å². The van der Waals surface area contributed by atoms with Gasteiger partial charge in [0.15, 0.2) is 0 Å². The number of nitrogens with one attached hydrogen (secondary N) is 2. The topological polar surface area (TPSA) is 31.1 Å². The lowest BCUT2D eigenvalue weighted by atomic mass is 9.93. The summed E-state index contributed by atoms with van der Waals surface area (Å²) in [5, 5.41) is 4.84. The summed E-state index contributed by atoms with van der Waals surface area (Å²) in [5.41, 5.74) is 4.05. The largest absolute Gasteiger partial charge is 0.361 e. The van der Waals surface area contributed by atoms with Gasteiger partial charge in [-0.05, 0) is 30.5 Å². The number of nitrogens with zero attached hydrogens (tertiary/aromatic N) is 1. The zero-order valence-electron chi connectivity index (χ0n) is 12.7. The molecule has 1 atom stereocenters. The van der Waals surface area contributed by atoms with E-state index in [-0.39, 0.29) is 0 Å². The highest BCUT2D eigenvalue weighted by Gasteiger charge is 2.26. The summed E-state index contributed by atoms with van der Waals surface area (Å²) < 4.78 is 0. The molecule has 0 amide bonds. The Morgan fingerprint density at radius 3 is 2.60 bits per heavy atom. The van der Waals surface area contributed by atoms with Crippen LogP contribution in [0.15, 0.2) is 24.4 Å². The maximum absolute atomic E-state index is 3.45. The normalized spacial score (nSPS) is 18.8. The molecule has 0 saturated carbocycles. The quantitative estimate of drug-likeness (QED) is 0.899. The highest BCUT2D eigenvalue weighted by Crippen LogP contribution is 2.34. The fourth-order valence-electron chi connectivity index (χ4n) is 3.44. The molecule has 20 heavy (non-hydrogen) atoms. The highest BCUT2D eigenvalue weighted by molar-refractivity contribution is 5.84. The molecule has 1 saturated heterocycles. The van der Waals surface area contributed by atoms with Crippen molar-refractivity contribution in [3.05, 3.63) is 35.5 Å². The molecule has 2 heterocycles. The Kier molecular flexibility index (Phi) is 3.81. The standard InChI is InChI=1S/C17H25N3/c1-12(2)17(20-8-6-18-7-9-20)15-11-19-16-5-4-13(3)10-14(15)16/h4-5,10-12,17-19H,6-9H2,1-3H3. The van der Waals surface area contributed by atoms with Gasteiger partial charge in [-0.1, -0.05) is 25.5 Å². The summed E-state index contributed by atoms with van der Waals surface area (Å²) in [5.74, 6) is 0.618. The van der Waals surface area contributed by atoms with Gasteiger partial charge in [0.25, 0.3) is 0 Å². The number of benzene rings is 1. The zero-order chi connectivity index (χ0) is 14.1. The number of aryl methyl sites for hydroxylation is 1. The first-order valence-electron chi connectivity index (χ1n) is 7.69. The van der Waals surface area contributed by atoms with E-state index >= 15 is 0 Å². The van der Waals surface area contributed by atoms with E-state index in [4.69, 9.17) is 0 Å². The van der Waals surface area contributed by atoms with Crippen LogP contribution in [0.4, 0.5) is 0 Å². The molecule has 0 radical (unpaired) electrons. The van der Waals surface area contributed by atoms with Gasteiger partial charge < -0.3 is 10.3 Å². The molecule has 0 aliphatic carbocycles. The third kappa shape index (κ3) is 2.48. The number of aromatic amines is 1. The molecule has 2 aromatic rings. The van der Waals surface area contributed by atoms with Crippen molar-refractivity contribution in [3.8, 4) is 0 Å². The number of aromatic nitrogens is 1. The van der Waals surface area contributed by atoms with Crippen LogP contribution < -0.4 is 5.32 Å². The minimum absolute atomic E-state index is 0.507. The maximum Gasteiger partial charge on any atom is 0.0457 e. The molecule has 2 N–H and O–H groups in total. The van der Waals surface area contributed by atoms with E-state index < -0.39 is 0 Å². The minimum Gasteiger partial charge on any atom is -0.361 e. The fourth-order valence-corrected chi connectivity index (χ4v) is 3.44. The van der Waals surface area contributed by atoms with Crippen LogP contribution in [-0.4, -0.2) is 36.1 Å². The molecule has 3 heteroatoms. The van der Waals surface area contributed by atoms with E-state index in [2.05, 4.69) is 60.4 Å². The van der Waals surface area contributed by atoms with Crippen molar-refractivity contribution in [2.75, 3.05) is 26.2 Å². The molecule has 1 aromatic heterocycles. The molecular formula is C17H25N3. The first-order valence-corrected chi connectivity index (χ1v) is 7.69. The lowest BCUT2D eigenvalue weighted by molar-refractivity contribution is 0.138. The van der Waals surface area contributed by atoms with Crippen LogP contribution in [0.1, 0.15) is 31.0 Å². The second kappa shape index (κ2) is 5.58. The molecule has 3 rings (SSSR count). The molecule has 0 spiro atoms. The van der Waals surface area contributed by atoms with E-state index in [1.165, 1.54) is 22.0 Å².